The predicted octanol–water partition coefficient (Wildman–Crippen LogP) is 4.84. The minimum atomic E-state index is -0.317. The zero-order chi connectivity index (χ0) is 20.9. The lowest BCUT2D eigenvalue weighted by molar-refractivity contribution is 0.0940. The molecule has 2 aromatic heterocycles. The molecule has 148 valence electrons. The average Bonchev–Trinajstić information content (AvgIpc) is 2.80. The molecule has 0 radical (unpaired) electrons. The number of carbonyl (C=O) groups excluding carboxylic acids is 1. The van der Waals surface area contributed by atoms with Crippen molar-refractivity contribution in [2.45, 2.75) is 13.0 Å². The van der Waals surface area contributed by atoms with Crippen molar-refractivity contribution in [2.75, 3.05) is 0 Å². The van der Waals surface area contributed by atoms with Crippen LogP contribution in [0.5, 0.6) is 0 Å². The molecule has 0 aliphatic heterocycles. The van der Waals surface area contributed by atoms with Gasteiger partial charge in [0.25, 0.3) is 5.91 Å². The van der Waals surface area contributed by atoms with Gasteiger partial charge in [0.2, 0.25) is 0 Å². The SMILES string of the molecule is C[C@H](NC(=O)c1cnc(-c2ccccc2)nc1-c1ccncc1)c1ccc(F)cc1. The maximum atomic E-state index is 13.2. The number of carbonyl (C=O) groups is 1. The minimum Gasteiger partial charge on any atom is -0.345 e. The molecule has 4 aromatic rings. The van der Waals surface area contributed by atoms with E-state index in [1.165, 1.54) is 18.3 Å². The summed E-state index contributed by atoms with van der Waals surface area (Å²) in [5.74, 6) is -0.0917. The second-order valence-corrected chi connectivity index (χ2v) is 6.80. The summed E-state index contributed by atoms with van der Waals surface area (Å²) in [6.07, 6.45) is 4.85. The predicted molar refractivity (Wildman–Crippen MR) is 113 cm³/mol. The average molecular weight is 398 g/mol. The third-order valence-electron chi connectivity index (χ3n) is 4.74. The molecule has 0 saturated heterocycles. The largest absolute Gasteiger partial charge is 0.345 e. The Balaban J connectivity index is 1.69. The first kappa shape index (κ1) is 19.4. The Bertz CT molecular complexity index is 1150. The standard InChI is InChI=1S/C24H19FN4O/c1-16(17-7-9-20(25)10-8-17)28-24(30)21-15-27-23(19-5-3-2-4-6-19)29-22(21)18-11-13-26-14-12-18/h2-16H,1H3,(H,28,30)/t16-/m0/s1. The highest BCUT2D eigenvalue weighted by atomic mass is 19.1. The van der Waals surface area contributed by atoms with Gasteiger partial charge < -0.3 is 5.32 Å². The number of benzene rings is 2. The van der Waals surface area contributed by atoms with Gasteiger partial charge in [-0.1, -0.05) is 42.5 Å². The van der Waals surface area contributed by atoms with Gasteiger partial charge in [-0.05, 0) is 36.8 Å². The van der Waals surface area contributed by atoms with Crippen molar-refractivity contribution >= 4 is 5.91 Å². The lowest BCUT2D eigenvalue weighted by Gasteiger charge is -2.16. The molecule has 1 amide bonds. The van der Waals surface area contributed by atoms with E-state index in [1.807, 2.05) is 37.3 Å². The lowest BCUT2D eigenvalue weighted by atomic mass is 10.1. The van der Waals surface area contributed by atoms with Gasteiger partial charge in [-0.3, -0.25) is 9.78 Å². The third-order valence-corrected chi connectivity index (χ3v) is 4.74. The maximum absolute atomic E-state index is 13.2. The second-order valence-electron chi connectivity index (χ2n) is 6.80. The van der Waals surface area contributed by atoms with Crippen LogP contribution in [0.4, 0.5) is 4.39 Å². The molecule has 0 saturated carbocycles. The summed E-state index contributed by atoms with van der Waals surface area (Å²) in [7, 11) is 0. The highest BCUT2D eigenvalue weighted by molar-refractivity contribution is 6.00. The Labute approximate surface area is 173 Å². The van der Waals surface area contributed by atoms with Gasteiger partial charge in [-0.2, -0.15) is 0 Å². The molecule has 2 heterocycles. The third kappa shape index (κ3) is 4.22. The number of rotatable bonds is 5. The summed E-state index contributed by atoms with van der Waals surface area (Å²) >= 11 is 0. The number of hydrogen-bond donors (Lipinski definition) is 1. The Morgan fingerprint density at radius 2 is 1.63 bits per heavy atom. The Morgan fingerprint density at radius 1 is 0.933 bits per heavy atom. The van der Waals surface area contributed by atoms with Crippen LogP contribution in [0.1, 0.15) is 28.9 Å². The van der Waals surface area contributed by atoms with Gasteiger partial charge in [0, 0.05) is 29.7 Å². The second kappa shape index (κ2) is 8.61. The van der Waals surface area contributed by atoms with E-state index < -0.39 is 0 Å². The van der Waals surface area contributed by atoms with E-state index in [0.29, 0.717) is 17.1 Å². The Morgan fingerprint density at radius 3 is 2.33 bits per heavy atom. The molecule has 4 rings (SSSR count). The number of nitrogens with zero attached hydrogens (tertiary/aromatic N) is 3. The van der Waals surface area contributed by atoms with E-state index in [1.54, 1.807) is 36.7 Å². The van der Waals surface area contributed by atoms with Gasteiger partial charge in [0.15, 0.2) is 5.82 Å². The van der Waals surface area contributed by atoms with Gasteiger partial charge in [0.1, 0.15) is 5.82 Å². The molecule has 0 unspecified atom stereocenters. The van der Waals surface area contributed by atoms with Gasteiger partial charge >= 0.3 is 0 Å². The monoisotopic (exact) mass is 398 g/mol. The summed E-state index contributed by atoms with van der Waals surface area (Å²) in [4.78, 5) is 26.2. The van der Waals surface area contributed by atoms with Crippen molar-refractivity contribution in [1.29, 1.82) is 0 Å². The van der Waals surface area contributed by atoms with Crippen LogP contribution < -0.4 is 5.32 Å². The van der Waals surface area contributed by atoms with Gasteiger partial charge in [-0.15, -0.1) is 0 Å². The number of pyridine rings is 1. The number of halogens is 1. The van der Waals surface area contributed by atoms with E-state index in [-0.39, 0.29) is 17.8 Å². The molecule has 5 nitrogen and oxygen atoms in total. The number of aromatic nitrogens is 3. The normalized spacial score (nSPS) is 11.7. The number of amides is 1. The molecule has 0 fully saturated rings. The maximum Gasteiger partial charge on any atom is 0.255 e. The van der Waals surface area contributed by atoms with Gasteiger partial charge in [-0.25, -0.2) is 14.4 Å². The van der Waals surface area contributed by atoms with Crippen LogP contribution in [-0.2, 0) is 0 Å². The molecule has 2 aromatic carbocycles. The van der Waals surface area contributed by atoms with Crippen molar-refractivity contribution in [3.63, 3.8) is 0 Å². The first-order valence-electron chi connectivity index (χ1n) is 9.51. The highest BCUT2D eigenvalue weighted by Gasteiger charge is 2.19. The van der Waals surface area contributed by atoms with Crippen molar-refractivity contribution in [1.82, 2.24) is 20.3 Å². The molecule has 0 aliphatic rings. The zero-order valence-corrected chi connectivity index (χ0v) is 16.3. The molecule has 1 N–H and O–H groups in total. The van der Waals surface area contributed by atoms with Crippen LogP contribution in [0.2, 0.25) is 0 Å². The number of nitrogens with one attached hydrogen (secondary N) is 1. The summed E-state index contributed by atoms with van der Waals surface area (Å²) in [6, 6.07) is 18.9. The first-order valence-corrected chi connectivity index (χ1v) is 9.51. The molecular formula is C24H19FN4O. The molecule has 6 heteroatoms. The first-order chi connectivity index (χ1) is 14.6. The van der Waals surface area contributed by atoms with Crippen molar-refractivity contribution in [3.8, 4) is 22.6 Å². The summed E-state index contributed by atoms with van der Waals surface area (Å²) < 4.78 is 13.2. The molecule has 0 spiro atoms. The molecule has 30 heavy (non-hydrogen) atoms. The van der Waals surface area contributed by atoms with Crippen molar-refractivity contribution in [2.24, 2.45) is 0 Å². The molecular weight excluding hydrogens is 379 g/mol. The zero-order valence-electron chi connectivity index (χ0n) is 16.3. The van der Waals surface area contributed by atoms with Gasteiger partial charge in [0.05, 0.1) is 17.3 Å². The van der Waals surface area contributed by atoms with Crippen LogP contribution in [0.25, 0.3) is 22.6 Å². The molecule has 1 atom stereocenters. The fourth-order valence-corrected chi connectivity index (χ4v) is 3.11. The van der Waals surface area contributed by atoms with Crippen LogP contribution in [0, 0.1) is 5.82 Å². The summed E-state index contributed by atoms with van der Waals surface area (Å²) in [5.41, 5.74) is 3.31. The molecule has 0 bridgehead atoms. The topological polar surface area (TPSA) is 67.8 Å². The van der Waals surface area contributed by atoms with E-state index in [0.717, 1.165) is 16.7 Å². The smallest absolute Gasteiger partial charge is 0.255 e. The Hall–Kier alpha value is -3.93. The Kier molecular flexibility index (Phi) is 5.57. The highest BCUT2D eigenvalue weighted by Crippen LogP contribution is 2.25. The van der Waals surface area contributed by atoms with Crippen LogP contribution >= 0.6 is 0 Å². The van der Waals surface area contributed by atoms with Crippen molar-refractivity contribution in [3.05, 3.63) is 102 Å². The number of hydrogen-bond acceptors (Lipinski definition) is 4. The van der Waals surface area contributed by atoms with E-state index >= 15 is 0 Å². The van der Waals surface area contributed by atoms with Crippen molar-refractivity contribution < 1.29 is 9.18 Å². The van der Waals surface area contributed by atoms with E-state index in [9.17, 15) is 9.18 Å². The minimum absolute atomic E-state index is 0.307. The fourth-order valence-electron chi connectivity index (χ4n) is 3.11. The lowest BCUT2D eigenvalue weighted by Crippen LogP contribution is -2.27. The van der Waals surface area contributed by atoms with E-state index in [2.05, 4.69) is 20.3 Å². The fraction of sp³-hybridized carbons (Fsp3) is 0.0833. The van der Waals surface area contributed by atoms with Crippen LogP contribution in [0.3, 0.4) is 0 Å². The summed E-state index contributed by atoms with van der Waals surface area (Å²) in [6.45, 7) is 1.84. The molecule has 0 aliphatic carbocycles. The summed E-state index contributed by atoms with van der Waals surface area (Å²) in [5, 5.41) is 2.94. The van der Waals surface area contributed by atoms with Crippen LogP contribution in [-0.4, -0.2) is 20.9 Å². The van der Waals surface area contributed by atoms with Crippen LogP contribution in [0.15, 0.2) is 85.3 Å². The van der Waals surface area contributed by atoms with E-state index in [4.69, 9.17) is 0 Å². The quantitative estimate of drug-likeness (QED) is 0.523.